The van der Waals surface area contributed by atoms with E-state index in [-0.39, 0.29) is 24.0 Å². The number of hydrogen-bond donors (Lipinski definition) is 2. The molecule has 0 saturated carbocycles. The smallest absolute Gasteiger partial charge is 0.194 e. The van der Waals surface area contributed by atoms with Crippen LogP contribution in [0.5, 0.6) is 0 Å². The van der Waals surface area contributed by atoms with Crippen LogP contribution in [0.4, 0.5) is 0 Å². The van der Waals surface area contributed by atoms with Gasteiger partial charge in [0.1, 0.15) is 0 Å². The zero-order valence-electron chi connectivity index (χ0n) is 7.05. The molecule has 0 aliphatic carbocycles. The molecule has 0 aromatic heterocycles. The molecule has 0 atom stereocenters. The molecule has 12 heavy (non-hydrogen) atoms. The van der Waals surface area contributed by atoms with Gasteiger partial charge in [0.15, 0.2) is 5.96 Å². The summed E-state index contributed by atoms with van der Waals surface area (Å²) in [6, 6.07) is 0. The van der Waals surface area contributed by atoms with Crippen molar-refractivity contribution in [2.75, 3.05) is 39.3 Å². The summed E-state index contributed by atoms with van der Waals surface area (Å²) in [5.74, 6) is 1.10. The number of aliphatic imine (C=N–C) groups is 1. The summed E-state index contributed by atoms with van der Waals surface area (Å²) in [5, 5.41) is 6.59. The number of piperazine rings is 1. The van der Waals surface area contributed by atoms with Crippen LogP contribution < -0.4 is 10.6 Å². The van der Waals surface area contributed by atoms with Gasteiger partial charge in [0, 0.05) is 32.7 Å². The molecule has 2 rings (SSSR count). The molecule has 2 aliphatic rings. The van der Waals surface area contributed by atoms with Crippen molar-refractivity contribution in [3.63, 3.8) is 0 Å². The molecular weight excluding hydrogens is 267 g/mol. The maximum Gasteiger partial charge on any atom is 0.194 e. The molecule has 0 aromatic rings. The zero-order chi connectivity index (χ0) is 7.52. The third-order valence-corrected chi connectivity index (χ3v) is 2.07. The van der Waals surface area contributed by atoms with Gasteiger partial charge in [-0.3, -0.25) is 4.99 Å². The van der Waals surface area contributed by atoms with Crippen LogP contribution >= 0.6 is 24.0 Å². The fraction of sp³-hybridized carbons (Fsp3) is 0.857. The highest BCUT2D eigenvalue weighted by Gasteiger charge is 2.15. The first kappa shape index (κ1) is 10.0. The molecule has 70 valence electrons. The van der Waals surface area contributed by atoms with Gasteiger partial charge in [0.2, 0.25) is 0 Å². The first-order chi connectivity index (χ1) is 5.47. The van der Waals surface area contributed by atoms with Crippen LogP contribution in [0, 0.1) is 0 Å². The van der Waals surface area contributed by atoms with Gasteiger partial charge in [-0.25, -0.2) is 0 Å². The summed E-state index contributed by atoms with van der Waals surface area (Å²) in [4.78, 5) is 6.67. The van der Waals surface area contributed by atoms with Crippen LogP contribution in [0.25, 0.3) is 0 Å². The molecule has 2 aliphatic heterocycles. The summed E-state index contributed by atoms with van der Waals surface area (Å²) in [6.45, 7) is 6.30. The lowest BCUT2D eigenvalue weighted by molar-refractivity contribution is 0.350. The molecule has 1 fully saturated rings. The van der Waals surface area contributed by atoms with Crippen LogP contribution in [-0.2, 0) is 0 Å². The van der Waals surface area contributed by atoms with Gasteiger partial charge in [-0.2, -0.15) is 0 Å². The lowest BCUT2D eigenvalue weighted by Gasteiger charge is -2.28. The molecule has 1 saturated heterocycles. The Morgan fingerprint density at radius 3 is 2.50 bits per heavy atom. The highest BCUT2D eigenvalue weighted by atomic mass is 127. The van der Waals surface area contributed by atoms with Gasteiger partial charge in [-0.15, -0.1) is 24.0 Å². The van der Waals surface area contributed by atoms with Crippen molar-refractivity contribution in [3.05, 3.63) is 0 Å². The van der Waals surface area contributed by atoms with Crippen molar-refractivity contribution in [1.82, 2.24) is 15.5 Å². The van der Waals surface area contributed by atoms with Crippen LogP contribution in [0.2, 0.25) is 0 Å². The van der Waals surface area contributed by atoms with Crippen molar-refractivity contribution in [1.29, 1.82) is 0 Å². The molecule has 5 heteroatoms. The highest BCUT2D eigenvalue weighted by molar-refractivity contribution is 14.0. The molecule has 0 spiro atoms. The number of rotatable bonds is 0. The van der Waals surface area contributed by atoms with E-state index in [2.05, 4.69) is 20.5 Å². The van der Waals surface area contributed by atoms with Crippen molar-refractivity contribution < 1.29 is 0 Å². The largest absolute Gasteiger partial charge is 0.354 e. The predicted molar refractivity (Wildman–Crippen MR) is 60.2 cm³/mol. The van der Waals surface area contributed by atoms with Gasteiger partial charge in [0.25, 0.3) is 0 Å². The van der Waals surface area contributed by atoms with E-state index < -0.39 is 0 Å². The van der Waals surface area contributed by atoms with Gasteiger partial charge in [0.05, 0.1) is 6.54 Å². The molecule has 0 amide bonds. The van der Waals surface area contributed by atoms with Crippen LogP contribution in [0.1, 0.15) is 0 Å². The first-order valence-corrected chi connectivity index (χ1v) is 4.21. The number of guanidine groups is 1. The number of nitrogens with one attached hydrogen (secondary N) is 2. The second-order valence-electron chi connectivity index (χ2n) is 2.87. The Balaban J connectivity index is 0.000000720. The minimum Gasteiger partial charge on any atom is -0.354 e. The van der Waals surface area contributed by atoms with Crippen molar-refractivity contribution >= 4 is 29.9 Å². The molecular formula is C7H15IN4. The van der Waals surface area contributed by atoms with E-state index >= 15 is 0 Å². The third-order valence-electron chi connectivity index (χ3n) is 2.07. The summed E-state index contributed by atoms with van der Waals surface area (Å²) >= 11 is 0. The van der Waals surface area contributed by atoms with E-state index in [1.807, 2.05) is 0 Å². The molecule has 2 heterocycles. The minimum atomic E-state index is 0. The Hall–Kier alpha value is -0.0400. The van der Waals surface area contributed by atoms with Crippen molar-refractivity contribution in [2.24, 2.45) is 4.99 Å². The Bertz CT molecular complexity index is 165. The fourth-order valence-corrected chi connectivity index (χ4v) is 1.47. The molecule has 0 aromatic carbocycles. The van der Waals surface area contributed by atoms with E-state index in [0.717, 1.165) is 45.2 Å². The SMILES string of the molecule is C1CNC(N2CCNCC2)=N1.I. The average molecular weight is 282 g/mol. The Labute approximate surface area is 89.8 Å². The van der Waals surface area contributed by atoms with E-state index in [0.29, 0.717) is 0 Å². The number of halogens is 1. The summed E-state index contributed by atoms with van der Waals surface area (Å²) in [6.07, 6.45) is 0. The van der Waals surface area contributed by atoms with Gasteiger partial charge in [-0.1, -0.05) is 0 Å². The average Bonchev–Trinajstić information content (AvgIpc) is 2.58. The third kappa shape index (κ3) is 2.22. The summed E-state index contributed by atoms with van der Waals surface area (Å²) in [5.41, 5.74) is 0. The highest BCUT2D eigenvalue weighted by Crippen LogP contribution is 1.96. The van der Waals surface area contributed by atoms with Gasteiger partial charge >= 0.3 is 0 Å². The second-order valence-corrected chi connectivity index (χ2v) is 2.87. The molecule has 4 nitrogen and oxygen atoms in total. The normalized spacial score (nSPS) is 22.7. The Morgan fingerprint density at radius 1 is 1.17 bits per heavy atom. The molecule has 0 bridgehead atoms. The van der Waals surface area contributed by atoms with E-state index in [9.17, 15) is 0 Å². The van der Waals surface area contributed by atoms with E-state index in [1.165, 1.54) is 0 Å². The van der Waals surface area contributed by atoms with Gasteiger partial charge < -0.3 is 15.5 Å². The second kappa shape index (κ2) is 4.86. The fourth-order valence-electron chi connectivity index (χ4n) is 1.47. The minimum absolute atomic E-state index is 0. The Kier molecular flexibility index (Phi) is 4.07. The lowest BCUT2D eigenvalue weighted by Crippen LogP contribution is -2.49. The zero-order valence-corrected chi connectivity index (χ0v) is 9.38. The van der Waals surface area contributed by atoms with Crippen LogP contribution in [0.3, 0.4) is 0 Å². The van der Waals surface area contributed by atoms with E-state index in [1.54, 1.807) is 0 Å². The number of hydrogen-bond acceptors (Lipinski definition) is 4. The van der Waals surface area contributed by atoms with Crippen molar-refractivity contribution in [2.45, 2.75) is 0 Å². The first-order valence-electron chi connectivity index (χ1n) is 4.21. The molecule has 2 N–H and O–H groups in total. The predicted octanol–water partition coefficient (Wildman–Crippen LogP) is -0.531. The van der Waals surface area contributed by atoms with Crippen LogP contribution in [0.15, 0.2) is 4.99 Å². The Morgan fingerprint density at radius 2 is 1.92 bits per heavy atom. The molecule has 0 radical (unpaired) electrons. The monoisotopic (exact) mass is 282 g/mol. The van der Waals surface area contributed by atoms with Crippen molar-refractivity contribution in [3.8, 4) is 0 Å². The topological polar surface area (TPSA) is 39.7 Å². The summed E-state index contributed by atoms with van der Waals surface area (Å²) in [7, 11) is 0. The van der Waals surface area contributed by atoms with E-state index in [4.69, 9.17) is 0 Å². The maximum absolute atomic E-state index is 4.36. The van der Waals surface area contributed by atoms with Gasteiger partial charge in [-0.05, 0) is 0 Å². The summed E-state index contributed by atoms with van der Waals surface area (Å²) < 4.78 is 0. The van der Waals surface area contributed by atoms with Crippen LogP contribution in [-0.4, -0.2) is 50.1 Å². The maximum atomic E-state index is 4.36. The molecule has 0 unspecified atom stereocenters. The number of nitrogens with zero attached hydrogens (tertiary/aromatic N) is 2. The lowest BCUT2D eigenvalue weighted by atomic mass is 10.4. The quantitative estimate of drug-likeness (QED) is 0.587. The standard InChI is InChI=1S/C7H14N4.HI/c1-2-10-7(9-1)11-5-3-8-4-6-11;/h8H,1-6H2,(H,9,10);1H.